The molecule has 0 aliphatic carbocycles. The molecule has 0 atom stereocenters. The van der Waals surface area contributed by atoms with Gasteiger partial charge in [-0.2, -0.15) is 0 Å². The molecule has 0 radical (unpaired) electrons. The minimum Gasteiger partial charge on any atom is -0.507 e. The molecule has 2 N–H and O–H groups in total. The van der Waals surface area contributed by atoms with Crippen molar-refractivity contribution >= 4 is 0 Å². The molecule has 0 saturated heterocycles. The number of aliphatic hydroxyl groups is 1. The number of phenolic OH excluding ortho intramolecular Hbond substituents is 1. The molecule has 0 aliphatic rings. The van der Waals surface area contributed by atoms with Gasteiger partial charge in [-0.1, -0.05) is 18.2 Å². The van der Waals surface area contributed by atoms with Crippen molar-refractivity contribution in [1.82, 2.24) is 0 Å². The van der Waals surface area contributed by atoms with Crippen LogP contribution in [0.1, 0.15) is 16.7 Å². The SMILES string of the molecule is Cc1cc(CO)c(Oc2ccccc2)c(C)c1O. The summed E-state index contributed by atoms with van der Waals surface area (Å²) in [5.41, 5.74) is 2.05. The number of ether oxygens (including phenoxy) is 1. The lowest BCUT2D eigenvalue weighted by molar-refractivity contribution is 0.275. The molecule has 94 valence electrons. The number of aryl methyl sites for hydroxylation is 1. The van der Waals surface area contributed by atoms with Crippen LogP contribution in [0.25, 0.3) is 0 Å². The van der Waals surface area contributed by atoms with Gasteiger partial charge in [-0.05, 0) is 37.6 Å². The largest absolute Gasteiger partial charge is 0.507 e. The summed E-state index contributed by atoms with van der Waals surface area (Å²) >= 11 is 0. The van der Waals surface area contributed by atoms with E-state index >= 15 is 0 Å². The van der Waals surface area contributed by atoms with Crippen LogP contribution in [0, 0.1) is 13.8 Å². The number of hydrogen-bond donors (Lipinski definition) is 2. The molecule has 3 heteroatoms. The highest BCUT2D eigenvalue weighted by molar-refractivity contribution is 5.54. The minimum atomic E-state index is -0.121. The Balaban J connectivity index is 2.47. The molecule has 0 saturated carbocycles. The second kappa shape index (κ2) is 5.10. The van der Waals surface area contributed by atoms with Gasteiger partial charge in [-0.25, -0.2) is 0 Å². The van der Waals surface area contributed by atoms with E-state index in [0.717, 1.165) is 5.56 Å². The molecule has 0 amide bonds. The Labute approximate surface area is 106 Å². The van der Waals surface area contributed by atoms with Crippen molar-refractivity contribution < 1.29 is 14.9 Å². The van der Waals surface area contributed by atoms with Crippen LogP contribution in [-0.2, 0) is 6.61 Å². The molecule has 0 spiro atoms. The average Bonchev–Trinajstić information content (AvgIpc) is 2.40. The quantitative estimate of drug-likeness (QED) is 0.871. The van der Waals surface area contributed by atoms with E-state index < -0.39 is 0 Å². The lowest BCUT2D eigenvalue weighted by atomic mass is 10.0. The van der Waals surface area contributed by atoms with Crippen LogP contribution in [0.4, 0.5) is 0 Å². The Morgan fingerprint density at radius 3 is 2.39 bits per heavy atom. The highest BCUT2D eigenvalue weighted by Gasteiger charge is 2.14. The van der Waals surface area contributed by atoms with E-state index in [1.54, 1.807) is 19.9 Å². The van der Waals surface area contributed by atoms with Crippen LogP contribution >= 0.6 is 0 Å². The lowest BCUT2D eigenvalue weighted by Gasteiger charge is -2.15. The second-order valence-corrected chi connectivity index (χ2v) is 4.23. The first-order valence-electron chi connectivity index (χ1n) is 5.79. The summed E-state index contributed by atoms with van der Waals surface area (Å²) in [5, 5.41) is 19.3. The molecular formula is C15H16O3. The van der Waals surface area contributed by atoms with Gasteiger partial charge in [0.25, 0.3) is 0 Å². The zero-order valence-electron chi connectivity index (χ0n) is 10.5. The Morgan fingerprint density at radius 1 is 1.11 bits per heavy atom. The first-order chi connectivity index (χ1) is 8.63. The minimum absolute atomic E-state index is 0.121. The molecule has 2 aromatic carbocycles. The van der Waals surface area contributed by atoms with E-state index in [2.05, 4.69) is 0 Å². The fraction of sp³-hybridized carbons (Fsp3) is 0.200. The van der Waals surface area contributed by atoms with Crippen LogP contribution in [0.3, 0.4) is 0 Å². The Bertz CT molecular complexity index is 547. The first-order valence-corrected chi connectivity index (χ1v) is 5.79. The normalized spacial score (nSPS) is 10.4. The van der Waals surface area contributed by atoms with Crippen molar-refractivity contribution in [3.8, 4) is 17.2 Å². The highest BCUT2D eigenvalue weighted by Crippen LogP contribution is 2.36. The smallest absolute Gasteiger partial charge is 0.139 e. The van der Waals surface area contributed by atoms with Gasteiger partial charge < -0.3 is 14.9 Å². The van der Waals surface area contributed by atoms with Gasteiger partial charge in [0.05, 0.1) is 6.61 Å². The molecule has 2 aromatic rings. The lowest BCUT2D eigenvalue weighted by Crippen LogP contribution is -1.96. The molecule has 0 unspecified atom stereocenters. The van der Waals surface area contributed by atoms with Crippen molar-refractivity contribution in [2.45, 2.75) is 20.5 Å². The maximum Gasteiger partial charge on any atom is 0.139 e. The van der Waals surface area contributed by atoms with Gasteiger partial charge in [0.15, 0.2) is 0 Å². The summed E-state index contributed by atoms with van der Waals surface area (Å²) in [7, 11) is 0. The van der Waals surface area contributed by atoms with Gasteiger partial charge in [0, 0.05) is 11.1 Å². The Morgan fingerprint density at radius 2 is 1.78 bits per heavy atom. The topological polar surface area (TPSA) is 49.7 Å². The maximum absolute atomic E-state index is 9.92. The number of phenols is 1. The third kappa shape index (κ3) is 2.31. The molecule has 0 bridgehead atoms. The van der Waals surface area contributed by atoms with Gasteiger partial charge >= 0.3 is 0 Å². The number of para-hydroxylation sites is 1. The molecular weight excluding hydrogens is 228 g/mol. The predicted octanol–water partition coefficient (Wildman–Crippen LogP) is 3.29. The highest BCUT2D eigenvalue weighted by atomic mass is 16.5. The molecule has 3 nitrogen and oxygen atoms in total. The number of hydrogen-bond acceptors (Lipinski definition) is 3. The standard InChI is InChI=1S/C15H16O3/c1-10-8-12(9-16)15(11(2)14(10)17)18-13-6-4-3-5-7-13/h3-8,16-17H,9H2,1-2H3. The van der Waals surface area contributed by atoms with Crippen LogP contribution in [0.15, 0.2) is 36.4 Å². The monoisotopic (exact) mass is 244 g/mol. The molecule has 0 heterocycles. The number of benzene rings is 2. The van der Waals surface area contributed by atoms with Gasteiger partial charge in [-0.3, -0.25) is 0 Å². The van der Waals surface area contributed by atoms with E-state index in [1.807, 2.05) is 30.3 Å². The molecule has 0 fully saturated rings. The van der Waals surface area contributed by atoms with Crippen LogP contribution < -0.4 is 4.74 Å². The summed E-state index contributed by atoms with van der Waals surface area (Å²) in [6, 6.07) is 11.0. The van der Waals surface area contributed by atoms with E-state index in [0.29, 0.717) is 22.6 Å². The summed E-state index contributed by atoms with van der Waals surface area (Å²) in [6.07, 6.45) is 0. The van der Waals surface area contributed by atoms with Crippen LogP contribution in [-0.4, -0.2) is 10.2 Å². The average molecular weight is 244 g/mol. The van der Waals surface area contributed by atoms with Crippen molar-refractivity contribution in [3.05, 3.63) is 53.1 Å². The van der Waals surface area contributed by atoms with Crippen molar-refractivity contribution in [2.75, 3.05) is 0 Å². The van der Waals surface area contributed by atoms with Gasteiger partial charge in [-0.15, -0.1) is 0 Å². The van der Waals surface area contributed by atoms with Crippen molar-refractivity contribution in [2.24, 2.45) is 0 Å². The molecule has 0 aliphatic heterocycles. The maximum atomic E-state index is 9.92. The van der Waals surface area contributed by atoms with E-state index in [9.17, 15) is 10.2 Å². The van der Waals surface area contributed by atoms with Crippen molar-refractivity contribution in [3.63, 3.8) is 0 Å². The number of aliphatic hydroxyl groups excluding tert-OH is 1. The number of aromatic hydroxyl groups is 1. The van der Waals surface area contributed by atoms with E-state index in [1.165, 1.54) is 0 Å². The van der Waals surface area contributed by atoms with Crippen LogP contribution in [0.5, 0.6) is 17.2 Å². The summed E-state index contributed by atoms with van der Waals surface area (Å²) in [6.45, 7) is 3.46. The molecule has 18 heavy (non-hydrogen) atoms. The third-order valence-electron chi connectivity index (χ3n) is 2.89. The van der Waals surface area contributed by atoms with Gasteiger partial charge in [0.1, 0.15) is 17.2 Å². The third-order valence-corrected chi connectivity index (χ3v) is 2.89. The second-order valence-electron chi connectivity index (χ2n) is 4.23. The van der Waals surface area contributed by atoms with Gasteiger partial charge in [0.2, 0.25) is 0 Å². The predicted molar refractivity (Wildman–Crippen MR) is 70.0 cm³/mol. The van der Waals surface area contributed by atoms with Crippen LogP contribution in [0.2, 0.25) is 0 Å². The first kappa shape index (κ1) is 12.5. The fourth-order valence-corrected chi connectivity index (χ4v) is 1.91. The molecule has 0 aromatic heterocycles. The zero-order valence-corrected chi connectivity index (χ0v) is 10.5. The van der Waals surface area contributed by atoms with E-state index in [-0.39, 0.29) is 12.4 Å². The zero-order chi connectivity index (χ0) is 13.1. The fourth-order valence-electron chi connectivity index (χ4n) is 1.91. The molecule has 2 rings (SSSR count). The Kier molecular flexibility index (Phi) is 3.53. The summed E-state index contributed by atoms with van der Waals surface area (Å²) < 4.78 is 5.75. The summed E-state index contributed by atoms with van der Waals surface area (Å²) in [5.74, 6) is 1.41. The Hall–Kier alpha value is -2.00. The van der Waals surface area contributed by atoms with E-state index in [4.69, 9.17) is 4.74 Å². The van der Waals surface area contributed by atoms with Crippen molar-refractivity contribution in [1.29, 1.82) is 0 Å². The number of rotatable bonds is 3. The summed E-state index contributed by atoms with van der Waals surface area (Å²) in [4.78, 5) is 0.